The van der Waals surface area contributed by atoms with Crippen LogP contribution in [0.1, 0.15) is 40.5 Å². The zero-order chi connectivity index (χ0) is 12.7. The molecule has 0 amide bonds. The Balaban J connectivity index is 4.29. The van der Waals surface area contributed by atoms with E-state index in [1.165, 1.54) is 0 Å². The molecule has 16 heavy (non-hydrogen) atoms. The van der Waals surface area contributed by atoms with Crippen molar-refractivity contribution in [3.8, 4) is 0 Å². The molecule has 0 unspecified atom stereocenters. The van der Waals surface area contributed by atoms with E-state index >= 15 is 0 Å². The van der Waals surface area contributed by atoms with E-state index in [1.807, 2.05) is 6.92 Å². The summed E-state index contributed by atoms with van der Waals surface area (Å²) in [6.07, 6.45) is 1.84. The van der Waals surface area contributed by atoms with E-state index in [0.29, 0.717) is 6.61 Å². The van der Waals surface area contributed by atoms with Gasteiger partial charge in [0, 0.05) is 0 Å². The normalized spacial score (nSPS) is 13.1. The first-order valence-corrected chi connectivity index (χ1v) is 13.0. The summed E-state index contributed by atoms with van der Waals surface area (Å²) in [6, 6.07) is 2.74. The van der Waals surface area contributed by atoms with Gasteiger partial charge in [0.05, 0.1) is 0 Å². The molecular weight excluding hydrogens is 303 g/mol. The van der Waals surface area contributed by atoms with E-state index < -0.39 is 30.3 Å². The van der Waals surface area contributed by atoms with Crippen LogP contribution >= 0.6 is 0 Å². The first kappa shape index (κ1) is 16.9. The zero-order valence-electron chi connectivity index (χ0n) is 11.0. The molecule has 0 aliphatic rings. The zero-order valence-corrected chi connectivity index (χ0v) is 14.4. The van der Waals surface area contributed by atoms with Crippen LogP contribution in [0.3, 0.4) is 0 Å². The van der Waals surface area contributed by atoms with Crippen LogP contribution in [0.15, 0.2) is 0 Å². The Bertz CT molecular complexity index is 177. The Hall–Kier alpha value is 0.940. The molecule has 98 valence electrons. The molecule has 0 aliphatic carbocycles. The maximum atomic E-state index is 9.83. The molecule has 0 heterocycles. The standard InChI is InChI=1S/C6H15OSi.C4H9O.2H2O.Zr/c1-4-8(7,5-2)6-3;1-2-3-4-5;;;/h4-6H2,1-3H3;2-4H2,1H3;2*1H2;/q2*-1;;;+4/p-2. The van der Waals surface area contributed by atoms with Crippen molar-refractivity contribution < 1.29 is 33.7 Å². The van der Waals surface area contributed by atoms with E-state index in [4.69, 9.17) is 5.32 Å². The maximum absolute atomic E-state index is 9.83. The summed E-state index contributed by atoms with van der Waals surface area (Å²) in [5.41, 5.74) is 0. The van der Waals surface area contributed by atoms with Gasteiger partial charge in [-0.3, -0.25) is 0 Å². The van der Waals surface area contributed by atoms with E-state index in [0.717, 1.165) is 31.0 Å². The molecule has 0 atom stereocenters. The van der Waals surface area contributed by atoms with Crippen molar-refractivity contribution >= 4 is 8.32 Å². The van der Waals surface area contributed by atoms with Gasteiger partial charge in [-0.1, -0.05) is 0 Å². The summed E-state index contributed by atoms with van der Waals surface area (Å²) in [7, 11) is -1.94. The van der Waals surface area contributed by atoms with Crippen molar-refractivity contribution in [2.75, 3.05) is 6.61 Å². The van der Waals surface area contributed by atoms with Gasteiger partial charge in [-0.2, -0.15) is 0 Å². The van der Waals surface area contributed by atoms with Crippen LogP contribution < -0.4 is 0 Å². The van der Waals surface area contributed by atoms with Crippen molar-refractivity contribution in [1.82, 2.24) is 0 Å². The SMILES string of the molecule is CCCC[O][Zr]([OH])([OH])[O][Si](CC)(CC)CC. The first-order chi connectivity index (χ1) is 7.45. The van der Waals surface area contributed by atoms with E-state index in [-0.39, 0.29) is 0 Å². The van der Waals surface area contributed by atoms with Crippen LogP contribution in [0.2, 0.25) is 18.1 Å². The van der Waals surface area contributed by atoms with Gasteiger partial charge in [0.1, 0.15) is 0 Å². The van der Waals surface area contributed by atoms with E-state index in [1.54, 1.807) is 0 Å². The average Bonchev–Trinajstić information content (AvgIpc) is 2.26. The molecule has 0 saturated carbocycles. The van der Waals surface area contributed by atoms with Gasteiger partial charge in [-0.05, 0) is 0 Å². The third-order valence-corrected chi connectivity index (χ3v) is 14.2. The molecule has 0 rings (SSSR count). The molecule has 0 saturated heterocycles. The Morgan fingerprint density at radius 1 is 1.00 bits per heavy atom. The summed E-state index contributed by atoms with van der Waals surface area (Å²) in [5.74, 6) is 0. The van der Waals surface area contributed by atoms with Crippen LogP contribution in [0.25, 0.3) is 0 Å². The first-order valence-electron chi connectivity index (χ1n) is 6.24. The Morgan fingerprint density at radius 2 is 1.50 bits per heavy atom. The quantitative estimate of drug-likeness (QED) is 0.504. The molecule has 0 aliphatic heterocycles. The van der Waals surface area contributed by atoms with Crippen molar-refractivity contribution in [2.24, 2.45) is 0 Å². The number of unbranched alkanes of at least 4 members (excludes halogenated alkanes) is 1. The van der Waals surface area contributed by atoms with Crippen molar-refractivity contribution in [1.29, 1.82) is 0 Å². The summed E-state index contributed by atoms with van der Waals surface area (Å²) < 4.78 is 30.5. The third-order valence-electron chi connectivity index (χ3n) is 3.07. The van der Waals surface area contributed by atoms with Crippen LogP contribution in [-0.2, 0) is 27.3 Å². The monoisotopic (exact) mass is 328 g/mol. The van der Waals surface area contributed by atoms with Gasteiger partial charge < -0.3 is 0 Å². The predicted molar refractivity (Wildman–Crippen MR) is 63.6 cm³/mol. The number of hydrogen-bond acceptors (Lipinski definition) is 4. The van der Waals surface area contributed by atoms with Gasteiger partial charge in [0.25, 0.3) is 0 Å². The van der Waals surface area contributed by atoms with Gasteiger partial charge >= 0.3 is 107 Å². The number of rotatable bonds is 9. The molecule has 0 bridgehead atoms. The van der Waals surface area contributed by atoms with Crippen molar-refractivity contribution in [3.05, 3.63) is 0 Å². The van der Waals surface area contributed by atoms with Crippen molar-refractivity contribution in [3.63, 3.8) is 0 Å². The second-order valence-corrected chi connectivity index (χ2v) is 13.7. The van der Waals surface area contributed by atoms with Gasteiger partial charge in [-0.15, -0.1) is 0 Å². The van der Waals surface area contributed by atoms with Crippen LogP contribution in [0.5, 0.6) is 0 Å². The average molecular weight is 330 g/mol. The van der Waals surface area contributed by atoms with E-state index in [9.17, 15) is 6.37 Å². The molecule has 0 aromatic rings. The molecule has 0 radical (unpaired) electrons. The molecular formula is C10H26O4SiZr. The molecule has 0 spiro atoms. The molecule has 0 aromatic carbocycles. The van der Waals surface area contributed by atoms with Crippen molar-refractivity contribution in [2.45, 2.75) is 58.7 Å². The molecule has 6 heteroatoms. The predicted octanol–water partition coefficient (Wildman–Crippen LogP) is 2.62. The van der Waals surface area contributed by atoms with Crippen LogP contribution in [0.4, 0.5) is 0 Å². The minimum absolute atomic E-state index is 0.404. The fourth-order valence-corrected chi connectivity index (χ4v) is 13.0. The molecule has 4 nitrogen and oxygen atoms in total. The topological polar surface area (TPSA) is 58.9 Å². The van der Waals surface area contributed by atoms with Gasteiger partial charge in [0.2, 0.25) is 0 Å². The third kappa shape index (κ3) is 6.03. The Labute approximate surface area is 107 Å². The Kier molecular flexibility index (Phi) is 8.59. The van der Waals surface area contributed by atoms with E-state index in [2.05, 4.69) is 20.8 Å². The number of hydrogen-bond donors (Lipinski definition) is 2. The fraction of sp³-hybridized carbons (Fsp3) is 1.00. The second-order valence-electron chi connectivity index (χ2n) is 4.10. The molecule has 2 N–H and O–H groups in total. The minimum atomic E-state index is -4.63. The van der Waals surface area contributed by atoms with Crippen LogP contribution in [-0.4, -0.2) is 21.3 Å². The Morgan fingerprint density at radius 3 is 1.88 bits per heavy atom. The summed E-state index contributed by atoms with van der Waals surface area (Å²) in [5, 5.41) is 0. The van der Waals surface area contributed by atoms with Gasteiger partial charge in [0.15, 0.2) is 0 Å². The molecule has 0 fully saturated rings. The second kappa shape index (κ2) is 8.11. The summed E-state index contributed by atoms with van der Waals surface area (Å²) in [4.78, 5) is 0. The van der Waals surface area contributed by atoms with Gasteiger partial charge in [-0.25, -0.2) is 0 Å². The van der Waals surface area contributed by atoms with Crippen LogP contribution in [0, 0.1) is 0 Å². The molecule has 0 aromatic heterocycles. The fourth-order valence-electron chi connectivity index (χ4n) is 1.63. The summed E-state index contributed by atoms with van der Waals surface area (Å²) in [6.45, 7) is 8.63. The summed E-state index contributed by atoms with van der Waals surface area (Å²) >= 11 is -4.63.